The minimum absolute atomic E-state index is 1.34. The molecule has 0 atom stereocenters. The van der Waals surface area contributed by atoms with Crippen LogP contribution < -0.4 is 5.73 Å². The minimum Gasteiger partial charge on any atom is -0.333 e. The molecule has 0 aliphatic heterocycles. The maximum Gasteiger partial charge on any atom is 0.0101 e. The quantitative estimate of drug-likeness (QED) is 0.677. The van der Waals surface area contributed by atoms with Crippen molar-refractivity contribution in [3.63, 3.8) is 0 Å². The fourth-order valence-corrected chi connectivity index (χ4v) is 1.62. The van der Waals surface area contributed by atoms with E-state index < -0.39 is 0 Å². The van der Waals surface area contributed by atoms with Crippen molar-refractivity contribution in [1.29, 1.82) is 0 Å². The van der Waals surface area contributed by atoms with Crippen LogP contribution in [0.3, 0.4) is 0 Å². The van der Waals surface area contributed by atoms with E-state index in [0.717, 1.165) is 0 Å². The number of benzene rings is 1. The molecule has 12 heavy (non-hydrogen) atoms. The Hall–Kier alpha value is -0.470. The number of thioether (sulfide) groups is 1. The van der Waals surface area contributed by atoms with Crippen LogP contribution in [-0.2, 0) is 0 Å². The fourth-order valence-electron chi connectivity index (χ4n) is 0.927. The molecule has 68 valence electrons. The molecular formula is C10H17NS. The molecule has 2 heteroatoms. The summed E-state index contributed by atoms with van der Waals surface area (Å²) < 4.78 is 0. The van der Waals surface area contributed by atoms with E-state index in [0.29, 0.717) is 0 Å². The maximum absolute atomic E-state index is 4.50. The first-order valence-electron chi connectivity index (χ1n) is 3.93. The van der Waals surface area contributed by atoms with Gasteiger partial charge in [-0.05, 0) is 38.8 Å². The Morgan fingerprint density at radius 2 is 1.75 bits per heavy atom. The molecule has 0 fully saturated rings. The van der Waals surface area contributed by atoms with Gasteiger partial charge in [0.1, 0.15) is 0 Å². The molecule has 2 N–H and O–H groups in total. The van der Waals surface area contributed by atoms with E-state index in [9.17, 15) is 0 Å². The number of hydrogen-bond donors (Lipinski definition) is 1. The Kier molecular flexibility index (Phi) is 5.85. The van der Waals surface area contributed by atoms with Crippen molar-refractivity contribution in [3.8, 4) is 0 Å². The number of nitrogens with two attached hydrogens (primary N) is 1. The molecule has 1 aromatic rings. The van der Waals surface area contributed by atoms with Crippen LogP contribution in [0.4, 0.5) is 0 Å². The summed E-state index contributed by atoms with van der Waals surface area (Å²) in [6, 6.07) is 6.54. The third-order valence-corrected chi connectivity index (χ3v) is 2.44. The van der Waals surface area contributed by atoms with Gasteiger partial charge in [-0.3, -0.25) is 0 Å². The van der Waals surface area contributed by atoms with Gasteiger partial charge in [0, 0.05) is 4.90 Å². The lowest BCUT2D eigenvalue weighted by Crippen LogP contribution is -1.79. The van der Waals surface area contributed by atoms with Crippen molar-refractivity contribution < 1.29 is 0 Å². The molecule has 0 heterocycles. The Morgan fingerprint density at radius 3 is 2.17 bits per heavy atom. The lowest BCUT2D eigenvalue weighted by atomic mass is 10.2. The van der Waals surface area contributed by atoms with E-state index in [1.54, 1.807) is 0 Å². The zero-order valence-corrected chi connectivity index (χ0v) is 9.03. The van der Waals surface area contributed by atoms with Crippen molar-refractivity contribution in [2.45, 2.75) is 18.7 Å². The van der Waals surface area contributed by atoms with Gasteiger partial charge < -0.3 is 5.73 Å². The molecule has 0 aromatic heterocycles. The minimum atomic E-state index is 1.34. The first-order valence-corrected chi connectivity index (χ1v) is 5.15. The molecule has 0 radical (unpaired) electrons. The number of rotatable bonds is 1. The molecule has 0 unspecified atom stereocenters. The number of hydrogen-bond acceptors (Lipinski definition) is 2. The average molecular weight is 183 g/mol. The Balaban J connectivity index is 0.000000561. The van der Waals surface area contributed by atoms with Crippen LogP contribution in [0.25, 0.3) is 0 Å². The van der Waals surface area contributed by atoms with E-state index in [1.165, 1.54) is 23.1 Å². The predicted molar refractivity (Wildman–Crippen MR) is 57.8 cm³/mol. The topological polar surface area (TPSA) is 26.0 Å². The smallest absolute Gasteiger partial charge is 0.0101 e. The predicted octanol–water partition coefficient (Wildman–Crippen LogP) is 2.60. The van der Waals surface area contributed by atoms with Gasteiger partial charge >= 0.3 is 0 Å². The third-order valence-electron chi connectivity index (χ3n) is 1.56. The summed E-state index contributed by atoms with van der Waals surface area (Å²) in [5.41, 5.74) is 7.22. The summed E-state index contributed by atoms with van der Waals surface area (Å²) in [4.78, 5) is 1.39. The Bertz CT molecular complexity index is 233. The van der Waals surface area contributed by atoms with Crippen molar-refractivity contribution in [2.75, 3.05) is 13.3 Å². The highest BCUT2D eigenvalue weighted by Crippen LogP contribution is 2.20. The molecule has 1 nitrogen and oxygen atoms in total. The van der Waals surface area contributed by atoms with E-state index in [-0.39, 0.29) is 0 Å². The van der Waals surface area contributed by atoms with Gasteiger partial charge in [-0.2, -0.15) is 0 Å². The zero-order valence-electron chi connectivity index (χ0n) is 8.22. The van der Waals surface area contributed by atoms with Crippen LogP contribution in [0.1, 0.15) is 11.1 Å². The van der Waals surface area contributed by atoms with Crippen molar-refractivity contribution in [3.05, 3.63) is 29.3 Å². The van der Waals surface area contributed by atoms with Crippen LogP contribution in [0.15, 0.2) is 23.1 Å². The van der Waals surface area contributed by atoms with Crippen molar-refractivity contribution in [1.82, 2.24) is 0 Å². The standard InChI is InChI=1S/C9H12S.CH5N/c1-7-4-5-8(2)9(6-7)10-3;1-2/h4-6H,1-3H3;2H2,1H3. The lowest BCUT2D eigenvalue weighted by Gasteiger charge is -2.01. The molecule has 0 saturated heterocycles. The summed E-state index contributed by atoms with van der Waals surface area (Å²) in [7, 11) is 1.50. The molecule has 0 saturated carbocycles. The highest BCUT2D eigenvalue weighted by atomic mass is 32.2. The van der Waals surface area contributed by atoms with E-state index >= 15 is 0 Å². The van der Waals surface area contributed by atoms with Crippen LogP contribution in [0.2, 0.25) is 0 Å². The molecule has 1 rings (SSSR count). The summed E-state index contributed by atoms with van der Waals surface area (Å²) >= 11 is 1.81. The molecule has 0 amide bonds. The highest BCUT2D eigenvalue weighted by molar-refractivity contribution is 7.98. The first-order chi connectivity index (χ1) is 5.74. The fraction of sp³-hybridized carbons (Fsp3) is 0.400. The molecule has 0 aliphatic rings. The molecule has 1 aromatic carbocycles. The monoisotopic (exact) mass is 183 g/mol. The average Bonchev–Trinajstić information content (AvgIpc) is 2.13. The SMILES string of the molecule is CN.CSc1cc(C)ccc1C. The van der Waals surface area contributed by atoms with Gasteiger partial charge in [-0.1, -0.05) is 17.7 Å². The van der Waals surface area contributed by atoms with Crippen LogP contribution in [-0.4, -0.2) is 13.3 Å². The first kappa shape index (κ1) is 11.5. The van der Waals surface area contributed by atoms with Gasteiger partial charge in [-0.25, -0.2) is 0 Å². The molecule has 0 spiro atoms. The Morgan fingerprint density at radius 1 is 1.17 bits per heavy atom. The van der Waals surface area contributed by atoms with Crippen LogP contribution in [0, 0.1) is 13.8 Å². The van der Waals surface area contributed by atoms with E-state index in [2.05, 4.69) is 44.0 Å². The summed E-state index contributed by atoms with van der Waals surface area (Å²) in [6.45, 7) is 4.27. The second-order valence-corrected chi connectivity index (χ2v) is 3.32. The molecule has 0 aliphatic carbocycles. The highest BCUT2D eigenvalue weighted by Gasteiger charge is 1.94. The normalized spacial score (nSPS) is 8.75. The van der Waals surface area contributed by atoms with Crippen molar-refractivity contribution in [2.24, 2.45) is 5.73 Å². The van der Waals surface area contributed by atoms with Crippen LogP contribution in [0.5, 0.6) is 0 Å². The van der Waals surface area contributed by atoms with Crippen LogP contribution >= 0.6 is 11.8 Å². The van der Waals surface area contributed by atoms with Crippen molar-refractivity contribution >= 4 is 11.8 Å². The van der Waals surface area contributed by atoms with Gasteiger partial charge in [0.2, 0.25) is 0 Å². The second-order valence-electron chi connectivity index (χ2n) is 2.47. The zero-order chi connectivity index (χ0) is 9.56. The largest absolute Gasteiger partial charge is 0.333 e. The molecular weight excluding hydrogens is 166 g/mol. The molecule has 0 bridgehead atoms. The third kappa shape index (κ3) is 3.28. The van der Waals surface area contributed by atoms with Gasteiger partial charge in [0.25, 0.3) is 0 Å². The number of aryl methyl sites for hydroxylation is 2. The van der Waals surface area contributed by atoms with E-state index in [1.807, 2.05) is 11.8 Å². The van der Waals surface area contributed by atoms with Gasteiger partial charge in [-0.15, -0.1) is 11.8 Å². The van der Waals surface area contributed by atoms with Gasteiger partial charge in [0.15, 0.2) is 0 Å². The summed E-state index contributed by atoms with van der Waals surface area (Å²) in [5.74, 6) is 0. The summed E-state index contributed by atoms with van der Waals surface area (Å²) in [5, 5.41) is 0. The second kappa shape index (κ2) is 6.09. The Labute approximate surface area is 79.4 Å². The lowest BCUT2D eigenvalue weighted by molar-refractivity contribution is 1.26. The van der Waals surface area contributed by atoms with E-state index in [4.69, 9.17) is 0 Å². The maximum atomic E-state index is 4.50. The van der Waals surface area contributed by atoms with Gasteiger partial charge in [0.05, 0.1) is 0 Å². The summed E-state index contributed by atoms with van der Waals surface area (Å²) in [6.07, 6.45) is 2.11.